The van der Waals surface area contributed by atoms with Crippen molar-refractivity contribution in [3.05, 3.63) is 18.2 Å². The molecule has 1 aliphatic heterocycles. The molecule has 0 aromatic heterocycles. The molecule has 0 spiro atoms. The maximum absolute atomic E-state index is 12.1. The van der Waals surface area contributed by atoms with Gasteiger partial charge in [-0.1, -0.05) is 6.92 Å². The minimum atomic E-state index is -0.609. The Morgan fingerprint density at radius 1 is 1.26 bits per heavy atom. The molecule has 0 atom stereocenters. The Morgan fingerprint density at radius 2 is 1.95 bits per heavy atom. The number of likely N-dealkylation sites (N-methyl/N-ethyl adjacent to an activating group) is 1. The molecule has 1 aromatic carbocycles. The van der Waals surface area contributed by atoms with Crippen molar-refractivity contribution in [2.24, 2.45) is 0 Å². The Hall–Kier alpha value is -1.75. The molecule has 104 valence electrons. The fourth-order valence-corrected chi connectivity index (χ4v) is 1.93. The van der Waals surface area contributed by atoms with E-state index in [1.807, 2.05) is 32.9 Å². The van der Waals surface area contributed by atoms with Crippen LogP contribution < -0.4 is 20.1 Å². The number of benzene rings is 1. The molecule has 0 bridgehead atoms. The number of hydrogen-bond donors (Lipinski definition) is 2. The van der Waals surface area contributed by atoms with Gasteiger partial charge in [-0.15, -0.1) is 0 Å². The summed E-state index contributed by atoms with van der Waals surface area (Å²) in [6.45, 7) is 7.51. The number of anilines is 1. The lowest BCUT2D eigenvalue weighted by atomic mass is 10.0. The van der Waals surface area contributed by atoms with Gasteiger partial charge in [0.2, 0.25) is 5.91 Å². The van der Waals surface area contributed by atoms with Gasteiger partial charge in [-0.05, 0) is 32.5 Å². The van der Waals surface area contributed by atoms with Gasteiger partial charge >= 0.3 is 0 Å². The molecule has 0 radical (unpaired) electrons. The van der Waals surface area contributed by atoms with Crippen molar-refractivity contribution in [2.75, 3.05) is 25.1 Å². The van der Waals surface area contributed by atoms with E-state index in [-0.39, 0.29) is 5.91 Å². The highest BCUT2D eigenvalue weighted by atomic mass is 16.6. The molecule has 1 heterocycles. The molecule has 2 rings (SSSR count). The van der Waals surface area contributed by atoms with Crippen LogP contribution in [0.5, 0.6) is 11.5 Å². The number of ether oxygens (including phenoxy) is 2. The Morgan fingerprint density at radius 3 is 2.63 bits per heavy atom. The second-order valence-corrected chi connectivity index (χ2v) is 4.97. The molecule has 0 aliphatic carbocycles. The Balaban J connectivity index is 2.09. The maximum atomic E-state index is 12.1. The normalized spacial score (nSPS) is 14.1. The van der Waals surface area contributed by atoms with E-state index in [9.17, 15) is 4.79 Å². The van der Waals surface area contributed by atoms with Gasteiger partial charge in [-0.25, -0.2) is 0 Å². The molecule has 0 fully saturated rings. The number of hydrogen-bond acceptors (Lipinski definition) is 4. The largest absolute Gasteiger partial charge is 0.486 e. The van der Waals surface area contributed by atoms with Gasteiger partial charge in [0, 0.05) is 11.8 Å². The van der Waals surface area contributed by atoms with Crippen molar-refractivity contribution in [1.29, 1.82) is 0 Å². The molecule has 1 aliphatic rings. The average Bonchev–Trinajstić information content (AvgIpc) is 2.38. The first-order valence-corrected chi connectivity index (χ1v) is 6.49. The molecule has 1 aromatic rings. The van der Waals surface area contributed by atoms with Crippen molar-refractivity contribution in [1.82, 2.24) is 5.32 Å². The van der Waals surface area contributed by atoms with Crippen LogP contribution in [0.25, 0.3) is 0 Å². The SMILES string of the molecule is CCNC(C)(C)C(=O)Nc1ccc2c(c1)OCCO2. The maximum Gasteiger partial charge on any atom is 0.244 e. The predicted molar refractivity (Wildman–Crippen MR) is 73.8 cm³/mol. The Kier molecular flexibility index (Phi) is 3.95. The summed E-state index contributed by atoms with van der Waals surface area (Å²) in [7, 11) is 0. The fourth-order valence-electron chi connectivity index (χ4n) is 1.93. The molecule has 0 unspecified atom stereocenters. The molecule has 0 saturated carbocycles. The van der Waals surface area contributed by atoms with Crippen LogP contribution in [0.2, 0.25) is 0 Å². The van der Waals surface area contributed by atoms with Crippen LogP contribution in [0, 0.1) is 0 Å². The van der Waals surface area contributed by atoms with Crippen LogP contribution >= 0.6 is 0 Å². The van der Waals surface area contributed by atoms with Crippen LogP contribution in [0.1, 0.15) is 20.8 Å². The highest BCUT2D eigenvalue weighted by Gasteiger charge is 2.26. The lowest BCUT2D eigenvalue weighted by molar-refractivity contribution is -0.121. The molecular formula is C14H20N2O3. The second kappa shape index (κ2) is 5.48. The Labute approximate surface area is 113 Å². The number of carbonyl (C=O) groups excluding carboxylic acids is 1. The summed E-state index contributed by atoms with van der Waals surface area (Å²) >= 11 is 0. The minimum Gasteiger partial charge on any atom is -0.486 e. The van der Waals surface area contributed by atoms with Crippen molar-refractivity contribution in [2.45, 2.75) is 26.3 Å². The molecule has 0 saturated heterocycles. The van der Waals surface area contributed by atoms with E-state index in [0.29, 0.717) is 24.7 Å². The standard InChI is InChI=1S/C14H20N2O3/c1-4-15-14(2,3)13(17)16-10-5-6-11-12(9-10)19-8-7-18-11/h5-6,9,15H,4,7-8H2,1-3H3,(H,16,17). The highest BCUT2D eigenvalue weighted by Crippen LogP contribution is 2.32. The summed E-state index contributed by atoms with van der Waals surface area (Å²) in [6, 6.07) is 5.41. The van der Waals surface area contributed by atoms with Crippen LogP contribution in [-0.2, 0) is 4.79 Å². The number of nitrogens with one attached hydrogen (secondary N) is 2. The lowest BCUT2D eigenvalue weighted by Crippen LogP contribution is -2.49. The molecular weight excluding hydrogens is 244 g/mol. The van der Waals surface area contributed by atoms with E-state index in [0.717, 1.165) is 12.3 Å². The van der Waals surface area contributed by atoms with E-state index in [4.69, 9.17) is 9.47 Å². The summed E-state index contributed by atoms with van der Waals surface area (Å²) in [6.07, 6.45) is 0. The predicted octanol–water partition coefficient (Wildman–Crippen LogP) is 1.78. The van der Waals surface area contributed by atoms with Crippen molar-refractivity contribution in [3.63, 3.8) is 0 Å². The zero-order valence-electron chi connectivity index (χ0n) is 11.6. The molecule has 5 nitrogen and oxygen atoms in total. The third-order valence-corrected chi connectivity index (χ3v) is 2.99. The van der Waals surface area contributed by atoms with Crippen molar-refractivity contribution < 1.29 is 14.3 Å². The van der Waals surface area contributed by atoms with E-state index in [1.165, 1.54) is 0 Å². The smallest absolute Gasteiger partial charge is 0.244 e. The van der Waals surface area contributed by atoms with Gasteiger partial charge in [0.05, 0.1) is 5.54 Å². The summed E-state index contributed by atoms with van der Waals surface area (Å²) in [5.74, 6) is 1.31. The number of amides is 1. The summed E-state index contributed by atoms with van der Waals surface area (Å²) in [4.78, 5) is 12.1. The quantitative estimate of drug-likeness (QED) is 0.870. The van der Waals surface area contributed by atoms with Gasteiger partial charge in [0.25, 0.3) is 0 Å². The first-order valence-electron chi connectivity index (χ1n) is 6.49. The van der Waals surface area contributed by atoms with Gasteiger partial charge in [0.15, 0.2) is 11.5 Å². The third kappa shape index (κ3) is 3.17. The third-order valence-electron chi connectivity index (χ3n) is 2.99. The molecule has 2 N–H and O–H groups in total. The van der Waals surface area contributed by atoms with E-state index in [2.05, 4.69) is 10.6 Å². The van der Waals surface area contributed by atoms with Crippen LogP contribution in [0.4, 0.5) is 5.69 Å². The number of rotatable bonds is 4. The molecule has 5 heteroatoms. The number of carbonyl (C=O) groups is 1. The molecule has 19 heavy (non-hydrogen) atoms. The van der Waals surface area contributed by atoms with Crippen LogP contribution in [0.15, 0.2) is 18.2 Å². The van der Waals surface area contributed by atoms with Crippen LogP contribution in [-0.4, -0.2) is 31.2 Å². The second-order valence-electron chi connectivity index (χ2n) is 4.97. The molecule has 1 amide bonds. The Bertz CT molecular complexity index is 472. The minimum absolute atomic E-state index is 0.0778. The lowest BCUT2D eigenvalue weighted by Gasteiger charge is -2.25. The zero-order valence-corrected chi connectivity index (χ0v) is 11.6. The fraction of sp³-hybridized carbons (Fsp3) is 0.500. The van der Waals surface area contributed by atoms with Gasteiger partial charge in [-0.2, -0.15) is 0 Å². The van der Waals surface area contributed by atoms with E-state index < -0.39 is 5.54 Å². The summed E-state index contributed by atoms with van der Waals surface area (Å²) < 4.78 is 10.9. The van der Waals surface area contributed by atoms with Gasteiger partial charge in [-0.3, -0.25) is 4.79 Å². The zero-order chi connectivity index (χ0) is 13.9. The van der Waals surface area contributed by atoms with Crippen molar-refractivity contribution >= 4 is 11.6 Å². The monoisotopic (exact) mass is 264 g/mol. The highest BCUT2D eigenvalue weighted by molar-refractivity contribution is 5.97. The van der Waals surface area contributed by atoms with Gasteiger partial charge in [0.1, 0.15) is 13.2 Å². The first-order chi connectivity index (χ1) is 9.03. The van der Waals surface area contributed by atoms with Gasteiger partial charge < -0.3 is 20.1 Å². The van der Waals surface area contributed by atoms with Crippen molar-refractivity contribution in [3.8, 4) is 11.5 Å². The summed E-state index contributed by atoms with van der Waals surface area (Å²) in [5, 5.41) is 6.02. The summed E-state index contributed by atoms with van der Waals surface area (Å²) in [5.41, 5.74) is 0.0994. The number of fused-ring (bicyclic) bond motifs is 1. The van der Waals surface area contributed by atoms with Crippen LogP contribution in [0.3, 0.4) is 0 Å². The topological polar surface area (TPSA) is 59.6 Å². The first kappa shape index (κ1) is 13.7. The van der Waals surface area contributed by atoms with E-state index >= 15 is 0 Å². The van der Waals surface area contributed by atoms with E-state index in [1.54, 1.807) is 6.07 Å². The average molecular weight is 264 g/mol.